The Balaban J connectivity index is 1.91. The van der Waals surface area contributed by atoms with Gasteiger partial charge in [0.25, 0.3) is 11.8 Å². The number of nitrogens with two attached hydrogens (primary N) is 1. The van der Waals surface area contributed by atoms with Crippen LogP contribution < -0.4 is 5.73 Å². The summed E-state index contributed by atoms with van der Waals surface area (Å²) < 4.78 is 0. The standard InChI is InChI=1S/C15H13ClN4O2/c16-11-3-1-2-9-8-20(7-4-10(9)11)15(22)13-12(14(17)21)18-5-6-19-13/h1-3,5-6H,4,7-8H2,(H2,17,21). The number of amides is 2. The maximum Gasteiger partial charge on any atom is 0.275 e. The number of carbonyl (C=O) groups is 2. The summed E-state index contributed by atoms with van der Waals surface area (Å²) in [4.78, 5) is 33.4. The van der Waals surface area contributed by atoms with Gasteiger partial charge in [0, 0.05) is 30.5 Å². The molecular weight excluding hydrogens is 304 g/mol. The molecule has 0 saturated carbocycles. The smallest absolute Gasteiger partial charge is 0.275 e. The number of carbonyl (C=O) groups excluding carboxylic acids is 2. The van der Waals surface area contributed by atoms with Gasteiger partial charge in [-0.25, -0.2) is 9.97 Å². The molecule has 1 aromatic carbocycles. The van der Waals surface area contributed by atoms with Crippen LogP contribution in [0.5, 0.6) is 0 Å². The average molecular weight is 317 g/mol. The maximum absolute atomic E-state index is 12.6. The van der Waals surface area contributed by atoms with Crippen LogP contribution in [0.1, 0.15) is 32.1 Å². The Morgan fingerprint density at radius 1 is 1.18 bits per heavy atom. The zero-order valence-corrected chi connectivity index (χ0v) is 12.4. The molecule has 0 fully saturated rings. The molecule has 1 aromatic heterocycles. The lowest BCUT2D eigenvalue weighted by Crippen LogP contribution is -2.38. The monoisotopic (exact) mass is 316 g/mol. The Kier molecular flexibility index (Phi) is 3.77. The molecule has 1 aliphatic heterocycles. The maximum atomic E-state index is 12.6. The van der Waals surface area contributed by atoms with Gasteiger partial charge in [-0.3, -0.25) is 9.59 Å². The topological polar surface area (TPSA) is 89.2 Å². The van der Waals surface area contributed by atoms with E-state index in [-0.39, 0.29) is 17.3 Å². The van der Waals surface area contributed by atoms with E-state index in [1.807, 2.05) is 18.2 Å². The van der Waals surface area contributed by atoms with Crippen molar-refractivity contribution < 1.29 is 9.59 Å². The lowest BCUT2D eigenvalue weighted by molar-refractivity contribution is 0.0722. The molecule has 3 rings (SSSR count). The summed E-state index contributed by atoms with van der Waals surface area (Å²) in [5.41, 5.74) is 7.18. The lowest BCUT2D eigenvalue weighted by Gasteiger charge is -2.29. The predicted molar refractivity (Wildman–Crippen MR) is 80.4 cm³/mol. The Labute approximate surface area is 131 Å². The van der Waals surface area contributed by atoms with Gasteiger partial charge in [-0.05, 0) is 23.6 Å². The molecule has 22 heavy (non-hydrogen) atoms. The molecule has 0 atom stereocenters. The molecule has 2 heterocycles. The van der Waals surface area contributed by atoms with Gasteiger partial charge in [-0.15, -0.1) is 0 Å². The van der Waals surface area contributed by atoms with Crippen LogP contribution in [-0.4, -0.2) is 33.2 Å². The summed E-state index contributed by atoms with van der Waals surface area (Å²) >= 11 is 6.17. The highest BCUT2D eigenvalue weighted by atomic mass is 35.5. The number of hydrogen-bond acceptors (Lipinski definition) is 4. The van der Waals surface area contributed by atoms with Crippen molar-refractivity contribution in [3.8, 4) is 0 Å². The van der Waals surface area contributed by atoms with Crippen molar-refractivity contribution >= 4 is 23.4 Å². The number of benzene rings is 1. The highest BCUT2D eigenvalue weighted by Crippen LogP contribution is 2.26. The number of primary amides is 1. The quantitative estimate of drug-likeness (QED) is 0.907. The second-order valence-electron chi connectivity index (χ2n) is 4.97. The first-order chi connectivity index (χ1) is 10.6. The summed E-state index contributed by atoms with van der Waals surface area (Å²) in [7, 11) is 0. The first-order valence-corrected chi connectivity index (χ1v) is 7.12. The molecule has 112 valence electrons. The first-order valence-electron chi connectivity index (χ1n) is 6.74. The van der Waals surface area contributed by atoms with Gasteiger partial charge in [-0.2, -0.15) is 0 Å². The molecule has 2 aromatic rings. The number of aromatic nitrogens is 2. The molecule has 6 nitrogen and oxygen atoms in total. The molecule has 7 heteroatoms. The van der Waals surface area contributed by atoms with Gasteiger partial charge in [0.05, 0.1) is 0 Å². The minimum Gasteiger partial charge on any atom is -0.364 e. The minimum atomic E-state index is -0.767. The fourth-order valence-electron chi connectivity index (χ4n) is 2.56. The van der Waals surface area contributed by atoms with E-state index in [1.54, 1.807) is 4.90 Å². The van der Waals surface area contributed by atoms with Crippen LogP contribution in [0.3, 0.4) is 0 Å². The first kappa shape index (κ1) is 14.5. The van der Waals surface area contributed by atoms with E-state index >= 15 is 0 Å². The fraction of sp³-hybridized carbons (Fsp3) is 0.200. The van der Waals surface area contributed by atoms with Gasteiger partial charge < -0.3 is 10.6 Å². The zero-order valence-electron chi connectivity index (χ0n) is 11.6. The number of fused-ring (bicyclic) bond motifs is 1. The predicted octanol–water partition coefficient (Wildman–Crippen LogP) is 1.43. The normalized spacial score (nSPS) is 13.6. The third-order valence-electron chi connectivity index (χ3n) is 3.63. The van der Waals surface area contributed by atoms with E-state index in [9.17, 15) is 9.59 Å². The Morgan fingerprint density at radius 3 is 2.64 bits per heavy atom. The molecule has 0 spiro atoms. The van der Waals surface area contributed by atoms with E-state index in [4.69, 9.17) is 17.3 Å². The summed E-state index contributed by atoms with van der Waals surface area (Å²) in [5.74, 6) is -1.12. The minimum absolute atomic E-state index is 0.0134. The van der Waals surface area contributed by atoms with Gasteiger partial charge >= 0.3 is 0 Å². The molecule has 2 N–H and O–H groups in total. The zero-order chi connectivity index (χ0) is 15.7. The third-order valence-corrected chi connectivity index (χ3v) is 3.98. The van der Waals surface area contributed by atoms with Gasteiger partial charge in [-0.1, -0.05) is 23.7 Å². The Hall–Kier alpha value is -2.47. The molecule has 0 radical (unpaired) electrons. The highest BCUT2D eigenvalue weighted by Gasteiger charge is 2.27. The fourth-order valence-corrected chi connectivity index (χ4v) is 2.85. The van der Waals surface area contributed by atoms with E-state index in [0.717, 1.165) is 11.1 Å². The number of hydrogen-bond donors (Lipinski definition) is 1. The van der Waals surface area contributed by atoms with Crippen LogP contribution in [0.15, 0.2) is 30.6 Å². The number of rotatable bonds is 2. The number of halogens is 1. The summed E-state index contributed by atoms with van der Waals surface area (Å²) in [6.07, 6.45) is 3.36. The molecule has 0 unspecified atom stereocenters. The van der Waals surface area contributed by atoms with E-state index in [2.05, 4.69) is 9.97 Å². The second-order valence-corrected chi connectivity index (χ2v) is 5.38. The van der Waals surface area contributed by atoms with Crippen LogP contribution >= 0.6 is 11.6 Å². The molecule has 0 bridgehead atoms. The van der Waals surface area contributed by atoms with Crippen molar-refractivity contribution in [1.29, 1.82) is 0 Å². The van der Waals surface area contributed by atoms with Crippen molar-refractivity contribution in [2.24, 2.45) is 5.73 Å². The highest BCUT2D eigenvalue weighted by molar-refractivity contribution is 6.31. The summed E-state index contributed by atoms with van der Waals surface area (Å²) in [6.45, 7) is 0.924. The van der Waals surface area contributed by atoms with Crippen LogP contribution in [0.25, 0.3) is 0 Å². The van der Waals surface area contributed by atoms with Crippen molar-refractivity contribution in [2.45, 2.75) is 13.0 Å². The largest absolute Gasteiger partial charge is 0.364 e. The van der Waals surface area contributed by atoms with E-state index < -0.39 is 5.91 Å². The van der Waals surface area contributed by atoms with Crippen molar-refractivity contribution in [3.63, 3.8) is 0 Å². The number of nitrogens with zero attached hydrogens (tertiary/aromatic N) is 3. The summed E-state index contributed by atoms with van der Waals surface area (Å²) in [5, 5.41) is 0.710. The van der Waals surface area contributed by atoms with Gasteiger partial charge in [0.2, 0.25) is 0 Å². The van der Waals surface area contributed by atoms with E-state index in [1.165, 1.54) is 12.4 Å². The molecule has 0 saturated heterocycles. The summed E-state index contributed by atoms with van der Waals surface area (Å²) in [6, 6.07) is 5.63. The van der Waals surface area contributed by atoms with E-state index in [0.29, 0.717) is 24.5 Å². The van der Waals surface area contributed by atoms with Crippen LogP contribution in [0, 0.1) is 0 Å². The van der Waals surface area contributed by atoms with Crippen molar-refractivity contribution in [2.75, 3.05) is 6.54 Å². The Bertz CT molecular complexity index is 763. The second kappa shape index (κ2) is 5.73. The van der Waals surface area contributed by atoms with Gasteiger partial charge in [0.1, 0.15) is 0 Å². The van der Waals surface area contributed by atoms with Gasteiger partial charge in [0.15, 0.2) is 11.4 Å². The lowest BCUT2D eigenvalue weighted by atomic mass is 9.99. The van der Waals surface area contributed by atoms with Crippen LogP contribution in [-0.2, 0) is 13.0 Å². The SMILES string of the molecule is NC(=O)c1nccnc1C(=O)N1CCc2c(Cl)cccc2C1. The average Bonchev–Trinajstić information content (AvgIpc) is 2.54. The molecule has 1 aliphatic rings. The van der Waals surface area contributed by atoms with Crippen molar-refractivity contribution in [1.82, 2.24) is 14.9 Å². The van der Waals surface area contributed by atoms with Crippen LogP contribution in [0.2, 0.25) is 5.02 Å². The van der Waals surface area contributed by atoms with Crippen molar-refractivity contribution in [3.05, 3.63) is 58.1 Å². The third kappa shape index (κ3) is 2.53. The van der Waals surface area contributed by atoms with Crippen LogP contribution in [0.4, 0.5) is 0 Å². The molecular formula is C15H13ClN4O2. The molecule has 0 aliphatic carbocycles. The molecule has 2 amide bonds. The Morgan fingerprint density at radius 2 is 1.91 bits per heavy atom.